The topological polar surface area (TPSA) is 237 Å². The SMILES string of the molecule is CC/C=C\C/C=C\C/C=C\CCCCCCCCCC(=O)OC(COC(=O)CCCCCCCC/C=C\C/C=C\C/C=C\CCCCC)COP(=O)(O)OCC(O)COP(=O)(O)OCC(COC(=O)CCCCCCC/C=C\C/C=C\CCC)OC(=O)CCCCCCCCCCCCCCC. The molecule has 0 amide bonds. The molecule has 5 unspecified atom stereocenters. The lowest BCUT2D eigenvalue weighted by atomic mass is 10.0. The van der Waals surface area contributed by atoms with Gasteiger partial charge in [0.15, 0.2) is 12.2 Å². The summed E-state index contributed by atoms with van der Waals surface area (Å²) in [6.45, 7) is 4.68. The Morgan fingerprint density at radius 1 is 0.284 bits per heavy atom. The summed E-state index contributed by atoms with van der Waals surface area (Å²) in [5.74, 6) is -2.19. The molecule has 590 valence electrons. The van der Waals surface area contributed by atoms with Crippen molar-refractivity contribution in [2.45, 2.75) is 367 Å². The highest BCUT2D eigenvalue weighted by Crippen LogP contribution is 2.45. The van der Waals surface area contributed by atoms with Gasteiger partial charge in [-0.1, -0.05) is 298 Å². The highest BCUT2D eigenvalue weighted by Gasteiger charge is 2.30. The van der Waals surface area contributed by atoms with E-state index >= 15 is 0 Å². The van der Waals surface area contributed by atoms with Gasteiger partial charge in [-0.3, -0.25) is 37.3 Å². The number of aliphatic hydroxyl groups excluding tert-OH is 1. The molecule has 0 bridgehead atoms. The van der Waals surface area contributed by atoms with Gasteiger partial charge in [0.2, 0.25) is 0 Å². The molecular weight excluding hydrogens is 1330 g/mol. The molecule has 0 spiro atoms. The first-order valence-electron chi connectivity index (χ1n) is 40.5. The Morgan fingerprint density at radius 2 is 0.529 bits per heavy atom. The lowest BCUT2D eigenvalue weighted by molar-refractivity contribution is -0.161. The fraction of sp³-hybridized carbons (Fsp3) is 0.759. The average molecular weight is 1480 g/mol. The maximum atomic E-state index is 13.1. The zero-order valence-electron chi connectivity index (χ0n) is 64.5. The van der Waals surface area contributed by atoms with E-state index in [2.05, 4.69) is 125 Å². The zero-order valence-corrected chi connectivity index (χ0v) is 66.3. The summed E-state index contributed by atoms with van der Waals surface area (Å²) in [5, 5.41) is 10.6. The summed E-state index contributed by atoms with van der Waals surface area (Å²) in [4.78, 5) is 73.0. The van der Waals surface area contributed by atoms with Crippen molar-refractivity contribution in [1.29, 1.82) is 0 Å². The lowest BCUT2D eigenvalue weighted by Gasteiger charge is -2.21. The van der Waals surface area contributed by atoms with E-state index in [9.17, 15) is 43.2 Å². The van der Waals surface area contributed by atoms with Crippen LogP contribution in [-0.4, -0.2) is 96.7 Å². The second-order valence-corrected chi connectivity index (χ2v) is 29.9. The first-order valence-corrected chi connectivity index (χ1v) is 43.5. The third kappa shape index (κ3) is 74.3. The molecule has 5 atom stereocenters. The molecule has 102 heavy (non-hydrogen) atoms. The molecule has 17 nitrogen and oxygen atoms in total. The summed E-state index contributed by atoms with van der Waals surface area (Å²) >= 11 is 0. The van der Waals surface area contributed by atoms with Gasteiger partial charge in [-0.05, 0) is 122 Å². The van der Waals surface area contributed by atoms with Gasteiger partial charge in [0.1, 0.15) is 19.3 Å². The molecule has 0 saturated heterocycles. The number of carbonyl (C=O) groups excluding carboxylic acids is 4. The van der Waals surface area contributed by atoms with Crippen molar-refractivity contribution in [3.8, 4) is 0 Å². The minimum atomic E-state index is -4.98. The number of phosphoric ester groups is 2. The van der Waals surface area contributed by atoms with Crippen LogP contribution in [0.1, 0.15) is 349 Å². The first kappa shape index (κ1) is 98.0. The third-order valence-corrected chi connectivity index (χ3v) is 18.9. The monoisotopic (exact) mass is 1480 g/mol. The van der Waals surface area contributed by atoms with Crippen molar-refractivity contribution < 1.29 is 80.2 Å². The zero-order chi connectivity index (χ0) is 74.6. The number of aliphatic hydroxyl groups is 1. The Morgan fingerprint density at radius 3 is 0.843 bits per heavy atom. The Balaban J connectivity index is 5.35. The predicted molar refractivity (Wildman–Crippen MR) is 418 cm³/mol. The van der Waals surface area contributed by atoms with Gasteiger partial charge in [-0.2, -0.15) is 0 Å². The molecule has 0 aromatic carbocycles. The van der Waals surface area contributed by atoms with Crippen LogP contribution in [0.4, 0.5) is 0 Å². The molecule has 0 heterocycles. The van der Waals surface area contributed by atoms with Gasteiger partial charge in [0.05, 0.1) is 26.4 Å². The van der Waals surface area contributed by atoms with Gasteiger partial charge < -0.3 is 33.8 Å². The number of carbonyl (C=O) groups is 4. The van der Waals surface area contributed by atoms with Gasteiger partial charge >= 0.3 is 39.5 Å². The fourth-order valence-corrected chi connectivity index (χ4v) is 12.4. The smallest absolute Gasteiger partial charge is 0.462 e. The number of hydrogen-bond acceptors (Lipinski definition) is 15. The predicted octanol–water partition coefficient (Wildman–Crippen LogP) is 23.6. The number of esters is 4. The fourth-order valence-electron chi connectivity index (χ4n) is 10.9. The quantitative estimate of drug-likeness (QED) is 0.0169. The molecule has 0 aliphatic rings. The van der Waals surface area contributed by atoms with Crippen molar-refractivity contribution in [3.05, 3.63) is 97.2 Å². The van der Waals surface area contributed by atoms with E-state index in [1.165, 1.54) is 70.6 Å². The Kier molecular flexibility index (Phi) is 72.3. The molecule has 0 fully saturated rings. The van der Waals surface area contributed by atoms with Crippen LogP contribution in [0.2, 0.25) is 0 Å². The van der Waals surface area contributed by atoms with Gasteiger partial charge in [0, 0.05) is 25.7 Å². The summed E-state index contributed by atoms with van der Waals surface area (Å²) in [5.41, 5.74) is 0. The van der Waals surface area contributed by atoms with Crippen LogP contribution < -0.4 is 0 Å². The van der Waals surface area contributed by atoms with Crippen molar-refractivity contribution >= 4 is 39.5 Å². The van der Waals surface area contributed by atoms with Crippen molar-refractivity contribution in [2.75, 3.05) is 39.6 Å². The molecule has 0 radical (unpaired) electrons. The summed E-state index contributed by atoms with van der Waals surface area (Å²) in [6, 6.07) is 0. The Labute approximate surface area is 620 Å². The van der Waals surface area contributed by atoms with E-state index in [-0.39, 0.29) is 25.7 Å². The number of phosphoric acid groups is 2. The van der Waals surface area contributed by atoms with E-state index < -0.39 is 97.5 Å². The molecular formula is C83H146O17P2. The van der Waals surface area contributed by atoms with Crippen LogP contribution in [-0.2, 0) is 65.4 Å². The molecule has 0 aliphatic carbocycles. The van der Waals surface area contributed by atoms with E-state index in [0.29, 0.717) is 25.7 Å². The number of ether oxygens (including phenoxy) is 4. The normalized spacial score (nSPS) is 14.4. The second kappa shape index (κ2) is 75.2. The molecule has 19 heteroatoms. The van der Waals surface area contributed by atoms with E-state index in [0.717, 1.165) is 199 Å². The Bertz CT molecular complexity index is 2310. The van der Waals surface area contributed by atoms with Gasteiger partial charge in [0.25, 0.3) is 0 Å². The molecule has 0 aromatic heterocycles. The summed E-state index contributed by atoms with van der Waals surface area (Å²) in [7, 11) is -9.96. The number of rotatable bonds is 76. The highest BCUT2D eigenvalue weighted by atomic mass is 31.2. The average Bonchev–Trinajstić information content (AvgIpc) is 0.908. The van der Waals surface area contributed by atoms with Crippen LogP contribution in [0, 0.1) is 0 Å². The standard InChI is InChI=1S/C83H146O17P2/c1-5-9-13-17-21-25-29-33-35-37-38-40-41-45-48-52-56-60-64-68-81(86)94-74-79(100-83(88)70-66-62-58-54-50-46-42-39-36-34-30-26-22-18-14-10-6-2)76-98-102(91,92)96-72-77(84)71-95-101(89,90)97-75-78(99-82(87)69-65-61-57-53-49-44-32-28-24-20-16-12-8-4)73-93-80(85)67-63-59-55-51-47-43-31-27-23-19-15-11-7-3/h10,14-15,19,21-22,25-27,31,33-36,38,40,77-79,84H,5-9,11-13,16-18,20,23-24,28-30,32,37,39,41-76H2,1-4H3,(H,89,90)(H,91,92)/b14-10-,19-15-,25-21-,26-22-,31-27-,35-33-,36-34-,40-38-. The number of unbranched alkanes of at least 4 members (excludes halogenated alkanes) is 34. The van der Waals surface area contributed by atoms with Crippen LogP contribution in [0.15, 0.2) is 97.2 Å². The molecule has 0 rings (SSSR count). The van der Waals surface area contributed by atoms with Crippen LogP contribution in [0.3, 0.4) is 0 Å². The van der Waals surface area contributed by atoms with E-state index in [1.807, 2.05) is 0 Å². The van der Waals surface area contributed by atoms with Crippen LogP contribution >= 0.6 is 15.6 Å². The number of allylic oxidation sites excluding steroid dienone is 16. The van der Waals surface area contributed by atoms with E-state index in [1.54, 1.807) is 0 Å². The first-order chi connectivity index (χ1) is 49.7. The minimum absolute atomic E-state index is 0.0808. The van der Waals surface area contributed by atoms with Crippen LogP contribution in [0.25, 0.3) is 0 Å². The largest absolute Gasteiger partial charge is 0.472 e. The summed E-state index contributed by atoms with van der Waals surface area (Å²) in [6.07, 6.45) is 79.5. The summed E-state index contributed by atoms with van der Waals surface area (Å²) < 4.78 is 68.6. The van der Waals surface area contributed by atoms with Gasteiger partial charge in [-0.25, -0.2) is 9.13 Å². The van der Waals surface area contributed by atoms with Crippen molar-refractivity contribution in [3.63, 3.8) is 0 Å². The lowest BCUT2D eigenvalue weighted by Crippen LogP contribution is -2.30. The maximum Gasteiger partial charge on any atom is 0.472 e. The van der Waals surface area contributed by atoms with Gasteiger partial charge in [-0.15, -0.1) is 0 Å². The second-order valence-electron chi connectivity index (χ2n) is 27.0. The van der Waals surface area contributed by atoms with Crippen LogP contribution in [0.5, 0.6) is 0 Å². The van der Waals surface area contributed by atoms with Crippen molar-refractivity contribution in [1.82, 2.24) is 0 Å². The Hall–Kier alpha value is -4.02. The molecule has 0 aromatic rings. The molecule has 0 aliphatic heterocycles. The third-order valence-electron chi connectivity index (χ3n) is 17.0. The highest BCUT2D eigenvalue weighted by molar-refractivity contribution is 7.47. The maximum absolute atomic E-state index is 13.1. The van der Waals surface area contributed by atoms with Crippen molar-refractivity contribution in [2.24, 2.45) is 0 Å². The number of hydrogen-bond donors (Lipinski definition) is 3. The molecule has 3 N–H and O–H groups in total. The minimum Gasteiger partial charge on any atom is -0.462 e. The molecule has 0 saturated carbocycles. The van der Waals surface area contributed by atoms with E-state index in [4.69, 9.17) is 37.0 Å².